The van der Waals surface area contributed by atoms with Gasteiger partial charge >= 0.3 is 0 Å². The second-order valence-corrected chi connectivity index (χ2v) is 7.48. The lowest BCUT2D eigenvalue weighted by Gasteiger charge is -2.31. The zero-order valence-electron chi connectivity index (χ0n) is 13.1. The molecule has 1 fully saturated rings. The van der Waals surface area contributed by atoms with Gasteiger partial charge in [-0.15, -0.1) is 0 Å². The van der Waals surface area contributed by atoms with Crippen molar-refractivity contribution in [1.29, 1.82) is 0 Å². The summed E-state index contributed by atoms with van der Waals surface area (Å²) in [6, 6.07) is 7.35. The molecular formula is C15H21N3O4S. The number of benzene rings is 1. The molecule has 2 heterocycles. The average Bonchev–Trinajstić information content (AvgIpc) is 2.97. The first kappa shape index (κ1) is 16.4. The highest BCUT2D eigenvalue weighted by Crippen LogP contribution is 2.19. The highest BCUT2D eigenvalue weighted by Gasteiger charge is 2.28. The van der Waals surface area contributed by atoms with Gasteiger partial charge in [-0.05, 0) is 30.9 Å². The topological polar surface area (TPSA) is 84.7 Å². The van der Waals surface area contributed by atoms with Crippen LogP contribution in [0.2, 0.25) is 0 Å². The Hall–Kier alpha value is -1.48. The average molecular weight is 339 g/mol. The normalized spacial score (nSPS) is 20.1. The highest BCUT2D eigenvalue weighted by atomic mass is 32.2. The summed E-state index contributed by atoms with van der Waals surface area (Å²) >= 11 is 0. The number of aromatic nitrogens is 1. The van der Waals surface area contributed by atoms with Crippen molar-refractivity contribution in [2.24, 2.45) is 5.92 Å². The monoisotopic (exact) mass is 339 g/mol. The van der Waals surface area contributed by atoms with Gasteiger partial charge in [0, 0.05) is 20.2 Å². The first-order valence-electron chi connectivity index (χ1n) is 7.66. The largest absolute Gasteiger partial charge is 0.439 e. The Balaban J connectivity index is 1.63. The first-order valence-corrected chi connectivity index (χ1v) is 9.10. The molecule has 7 nitrogen and oxygen atoms in total. The molecule has 0 radical (unpaired) electrons. The Morgan fingerprint density at radius 1 is 1.43 bits per heavy atom. The van der Waals surface area contributed by atoms with Gasteiger partial charge in [-0.3, -0.25) is 0 Å². The molecule has 0 spiro atoms. The highest BCUT2D eigenvalue weighted by molar-refractivity contribution is 7.87. The number of ether oxygens (including phenoxy) is 1. The lowest BCUT2D eigenvalue weighted by atomic mass is 10.0. The van der Waals surface area contributed by atoms with Gasteiger partial charge in [-0.2, -0.15) is 17.4 Å². The van der Waals surface area contributed by atoms with Crippen LogP contribution in [0.4, 0.5) is 0 Å². The summed E-state index contributed by atoms with van der Waals surface area (Å²) in [6.07, 6.45) is 1.84. The van der Waals surface area contributed by atoms with Crippen LogP contribution in [-0.2, 0) is 21.5 Å². The maximum atomic E-state index is 12.4. The van der Waals surface area contributed by atoms with E-state index < -0.39 is 10.2 Å². The Labute approximate surface area is 135 Å². The standard InChI is InChI=1S/C15H21N3O4S/c1-21-11-12-5-4-8-18(10-12)23(19,20)16-9-15-17-13-6-2-3-7-14(13)22-15/h2-3,6-7,12,16H,4-5,8-11H2,1H3. The number of para-hydroxylation sites is 2. The minimum Gasteiger partial charge on any atom is -0.439 e. The molecule has 1 unspecified atom stereocenters. The van der Waals surface area contributed by atoms with Crippen molar-refractivity contribution >= 4 is 21.3 Å². The number of piperidine rings is 1. The van der Waals surface area contributed by atoms with E-state index in [0.29, 0.717) is 31.2 Å². The molecule has 1 aliphatic heterocycles. The van der Waals surface area contributed by atoms with E-state index in [1.165, 1.54) is 4.31 Å². The number of hydrogen-bond donors (Lipinski definition) is 1. The Morgan fingerprint density at radius 2 is 2.26 bits per heavy atom. The van der Waals surface area contributed by atoms with Gasteiger partial charge in [0.15, 0.2) is 5.58 Å². The molecule has 126 valence electrons. The maximum Gasteiger partial charge on any atom is 0.279 e. The van der Waals surface area contributed by atoms with E-state index in [9.17, 15) is 8.42 Å². The first-order chi connectivity index (χ1) is 11.1. The molecule has 2 aromatic rings. The fourth-order valence-corrected chi connectivity index (χ4v) is 4.12. The fraction of sp³-hybridized carbons (Fsp3) is 0.533. The molecule has 1 aromatic heterocycles. The minimum absolute atomic E-state index is 0.0441. The molecule has 0 saturated carbocycles. The van der Waals surface area contributed by atoms with Crippen LogP contribution in [0.1, 0.15) is 18.7 Å². The lowest BCUT2D eigenvalue weighted by Crippen LogP contribution is -2.46. The van der Waals surface area contributed by atoms with Crippen LogP contribution in [0.3, 0.4) is 0 Å². The second-order valence-electron chi connectivity index (χ2n) is 5.72. The van der Waals surface area contributed by atoms with Crippen molar-refractivity contribution < 1.29 is 17.6 Å². The predicted octanol–water partition coefficient (Wildman–Crippen LogP) is 1.52. The van der Waals surface area contributed by atoms with Crippen molar-refractivity contribution in [1.82, 2.24) is 14.0 Å². The molecule has 1 saturated heterocycles. The van der Waals surface area contributed by atoms with Crippen LogP contribution in [0.5, 0.6) is 0 Å². The van der Waals surface area contributed by atoms with Gasteiger partial charge in [0.05, 0.1) is 13.2 Å². The maximum absolute atomic E-state index is 12.4. The Bertz CT molecular complexity index is 724. The summed E-state index contributed by atoms with van der Waals surface area (Å²) in [6.45, 7) is 1.64. The number of oxazole rings is 1. The number of hydrogen-bond acceptors (Lipinski definition) is 5. The molecule has 8 heteroatoms. The van der Waals surface area contributed by atoms with E-state index >= 15 is 0 Å². The van der Waals surface area contributed by atoms with Gasteiger partial charge in [0.25, 0.3) is 10.2 Å². The summed E-state index contributed by atoms with van der Waals surface area (Å²) in [5.41, 5.74) is 1.37. The van der Waals surface area contributed by atoms with Crippen LogP contribution in [0.15, 0.2) is 28.7 Å². The summed E-state index contributed by atoms with van der Waals surface area (Å²) in [4.78, 5) is 4.27. The molecule has 23 heavy (non-hydrogen) atoms. The van der Waals surface area contributed by atoms with Gasteiger partial charge in [-0.1, -0.05) is 12.1 Å². The lowest BCUT2D eigenvalue weighted by molar-refractivity contribution is 0.118. The SMILES string of the molecule is COCC1CCCN(S(=O)(=O)NCc2nc3ccccc3o2)C1. The number of nitrogens with zero attached hydrogens (tertiary/aromatic N) is 2. The summed E-state index contributed by atoms with van der Waals surface area (Å²) in [7, 11) is -1.90. The molecule has 3 rings (SSSR count). The van der Waals surface area contributed by atoms with Gasteiger partial charge in [0.1, 0.15) is 5.52 Å². The molecule has 1 aromatic carbocycles. The van der Waals surface area contributed by atoms with Crippen molar-refractivity contribution in [3.63, 3.8) is 0 Å². The summed E-state index contributed by atoms with van der Waals surface area (Å²) < 4.78 is 39.6. The zero-order valence-corrected chi connectivity index (χ0v) is 13.9. The van der Waals surface area contributed by atoms with E-state index in [4.69, 9.17) is 9.15 Å². The zero-order chi connectivity index (χ0) is 16.3. The predicted molar refractivity (Wildman–Crippen MR) is 85.9 cm³/mol. The van der Waals surface area contributed by atoms with Crippen molar-refractivity contribution in [2.75, 3.05) is 26.8 Å². The number of fused-ring (bicyclic) bond motifs is 1. The quantitative estimate of drug-likeness (QED) is 0.862. The van der Waals surface area contributed by atoms with Crippen molar-refractivity contribution in [3.05, 3.63) is 30.2 Å². The van der Waals surface area contributed by atoms with Crippen LogP contribution < -0.4 is 4.72 Å². The summed E-state index contributed by atoms with van der Waals surface area (Å²) in [5.74, 6) is 0.606. The Kier molecular flexibility index (Phi) is 4.96. The van der Waals surface area contributed by atoms with Crippen molar-refractivity contribution in [2.45, 2.75) is 19.4 Å². The van der Waals surface area contributed by atoms with E-state index in [-0.39, 0.29) is 12.5 Å². The van der Waals surface area contributed by atoms with E-state index in [0.717, 1.165) is 18.4 Å². The van der Waals surface area contributed by atoms with Crippen LogP contribution in [0, 0.1) is 5.92 Å². The van der Waals surface area contributed by atoms with E-state index in [1.54, 1.807) is 13.2 Å². The molecule has 0 bridgehead atoms. The second kappa shape index (κ2) is 6.96. The molecule has 1 N–H and O–H groups in total. The minimum atomic E-state index is -3.54. The molecule has 1 atom stereocenters. The van der Waals surface area contributed by atoms with Gasteiger partial charge in [-0.25, -0.2) is 4.98 Å². The Morgan fingerprint density at radius 3 is 3.04 bits per heavy atom. The molecular weight excluding hydrogens is 318 g/mol. The van der Waals surface area contributed by atoms with Crippen molar-refractivity contribution in [3.8, 4) is 0 Å². The third-order valence-electron chi connectivity index (χ3n) is 3.97. The van der Waals surface area contributed by atoms with Crippen LogP contribution in [0.25, 0.3) is 11.1 Å². The number of nitrogens with one attached hydrogen (secondary N) is 1. The third-order valence-corrected chi connectivity index (χ3v) is 5.49. The van der Waals surface area contributed by atoms with Crippen LogP contribution in [-0.4, -0.2) is 44.5 Å². The van der Waals surface area contributed by atoms with Gasteiger partial charge in [0.2, 0.25) is 5.89 Å². The third kappa shape index (κ3) is 3.89. The molecule has 1 aliphatic rings. The fourth-order valence-electron chi connectivity index (χ4n) is 2.86. The number of rotatable bonds is 6. The summed E-state index contributed by atoms with van der Waals surface area (Å²) in [5, 5.41) is 0. The molecule has 0 aliphatic carbocycles. The smallest absolute Gasteiger partial charge is 0.279 e. The number of methoxy groups -OCH3 is 1. The van der Waals surface area contributed by atoms with Crippen LogP contribution >= 0.6 is 0 Å². The molecule has 0 amide bonds. The van der Waals surface area contributed by atoms with Gasteiger partial charge < -0.3 is 9.15 Å². The van der Waals surface area contributed by atoms with E-state index in [1.807, 2.05) is 18.2 Å². The van der Waals surface area contributed by atoms with E-state index in [2.05, 4.69) is 9.71 Å².